The smallest absolute Gasteiger partial charge is 0.316 e. The van der Waals surface area contributed by atoms with Gasteiger partial charge in [-0.3, -0.25) is 0 Å². The highest BCUT2D eigenvalue weighted by atomic mass is 35.5. The Morgan fingerprint density at radius 3 is 2.33 bits per heavy atom. The Morgan fingerprint density at radius 1 is 1.29 bits per heavy atom. The van der Waals surface area contributed by atoms with E-state index in [0.717, 1.165) is 0 Å². The predicted molar refractivity (Wildman–Crippen MR) is 72.4 cm³/mol. The zero-order valence-electron chi connectivity index (χ0n) is 11.2. The maximum atomic E-state index is 12.9. The Balaban J connectivity index is 0.00000400. The summed E-state index contributed by atoms with van der Waals surface area (Å²) in [5.74, 6) is -1.15. The molecule has 1 aromatic carbocycles. The number of halogens is 5. The summed E-state index contributed by atoms with van der Waals surface area (Å²) in [6.45, 7) is 1.56. The van der Waals surface area contributed by atoms with E-state index in [2.05, 4.69) is 5.32 Å². The van der Waals surface area contributed by atoms with Crippen LogP contribution >= 0.6 is 12.4 Å². The summed E-state index contributed by atoms with van der Waals surface area (Å²) in [6, 6.07) is 1.17. The average molecular weight is 351 g/mol. The van der Waals surface area contributed by atoms with Crippen molar-refractivity contribution in [1.82, 2.24) is 10.0 Å². The standard InChI is InChI=1S/C11H14F4N2O2S.ClH/c1-7(16-2)6-17-20(18,19)10-4-3-8(12)5-9(10)11(13,14)15;/h3-5,7,16-17H,6H2,1-2H3;1H. The Hall–Kier alpha value is -0.900. The van der Waals surface area contributed by atoms with Gasteiger partial charge in [0.2, 0.25) is 10.0 Å². The lowest BCUT2D eigenvalue weighted by molar-refractivity contribution is -0.140. The number of benzene rings is 1. The Labute approximate surface area is 126 Å². The fourth-order valence-corrected chi connectivity index (χ4v) is 2.71. The van der Waals surface area contributed by atoms with Crippen molar-refractivity contribution in [2.45, 2.75) is 24.0 Å². The van der Waals surface area contributed by atoms with Gasteiger partial charge in [0.05, 0.1) is 10.5 Å². The molecule has 0 aliphatic rings. The van der Waals surface area contributed by atoms with Gasteiger partial charge in [-0.2, -0.15) is 13.2 Å². The lowest BCUT2D eigenvalue weighted by Gasteiger charge is -2.16. The molecule has 122 valence electrons. The zero-order valence-corrected chi connectivity index (χ0v) is 12.8. The van der Waals surface area contributed by atoms with E-state index in [1.807, 2.05) is 4.72 Å². The monoisotopic (exact) mass is 350 g/mol. The van der Waals surface area contributed by atoms with E-state index in [-0.39, 0.29) is 31.1 Å². The maximum Gasteiger partial charge on any atom is 0.417 e. The van der Waals surface area contributed by atoms with Gasteiger partial charge in [-0.25, -0.2) is 17.5 Å². The second-order valence-electron chi connectivity index (χ2n) is 4.18. The maximum absolute atomic E-state index is 12.9. The molecular formula is C11H15ClF4N2O2S. The summed E-state index contributed by atoms with van der Waals surface area (Å²) in [5, 5.41) is 2.73. The Bertz CT molecular complexity index is 578. The minimum Gasteiger partial charge on any atom is -0.316 e. The van der Waals surface area contributed by atoms with Gasteiger partial charge in [-0.05, 0) is 32.2 Å². The molecule has 0 aliphatic heterocycles. The van der Waals surface area contributed by atoms with E-state index in [1.54, 1.807) is 14.0 Å². The minimum absolute atomic E-state index is 0. The molecule has 21 heavy (non-hydrogen) atoms. The molecular weight excluding hydrogens is 336 g/mol. The van der Waals surface area contributed by atoms with Crippen molar-refractivity contribution in [3.63, 3.8) is 0 Å². The first kappa shape index (κ1) is 20.1. The second-order valence-corrected chi connectivity index (χ2v) is 5.92. The Morgan fingerprint density at radius 2 is 1.86 bits per heavy atom. The summed E-state index contributed by atoms with van der Waals surface area (Å²) in [4.78, 5) is -0.991. The molecule has 0 saturated heterocycles. The molecule has 1 aromatic rings. The van der Waals surface area contributed by atoms with Crippen LogP contribution in [0.4, 0.5) is 17.6 Å². The lowest BCUT2D eigenvalue weighted by atomic mass is 10.2. The summed E-state index contributed by atoms with van der Waals surface area (Å²) in [6.07, 6.45) is -4.96. The molecule has 1 unspecified atom stereocenters. The van der Waals surface area contributed by atoms with Crippen LogP contribution in [0.1, 0.15) is 12.5 Å². The molecule has 0 amide bonds. The third-order valence-electron chi connectivity index (χ3n) is 2.61. The van der Waals surface area contributed by atoms with Gasteiger partial charge in [0.1, 0.15) is 5.82 Å². The molecule has 4 nitrogen and oxygen atoms in total. The van der Waals surface area contributed by atoms with Crippen LogP contribution in [0.5, 0.6) is 0 Å². The highest BCUT2D eigenvalue weighted by Gasteiger charge is 2.37. The Kier molecular flexibility index (Phi) is 7.07. The molecule has 0 spiro atoms. The van der Waals surface area contributed by atoms with Crippen LogP contribution < -0.4 is 10.0 Å². The first-order valence-electron chi connectivity index (χ1n) is 5.61. The van der Waals surface area contributed by atoms with E-state index >= 15 is 0 Å². The van der Waals surface area contributed by atoms with Crippen molar-refractivity contribution in [3.8, 4) is 0 Å². The summed E-state index contributed by atoms with van der Waals surface area (Å²) in [5.41, 5.74) is -1.53. The molecule has 0 aromatic heterocycles. The van der Waals surface area contributed by atoms with Gasteiger partial charge in [0, 0.05) is 12.6 Å². The van der Waals surface area contributed by atoms with Crippen LogP contribution in [0.2, 0.25) is 0 Å². The largest absolute Gasteiger partial charge is 0.417 e. The third kappa shape index (κ3) is 5.42. The zero-order chi connectivity index (χ0) is 15.6. The van der Waals surface area contributed by atoms with Crippen LogP contribution in [0.15, 0.2) is 23.1 Å². The van der Waals surface area contributed by atoms with E-state index in [9.17, 15) is 26.0 Å². The third-order valence-corrected chi connectivity index (χ3v) is 4.09. The van der Waals surface area contributed by atoms with Gasteiger partial charge in [-0.1, -0.05) is 0 Å². The minimum atomic E-state index is -4.96. The highest BCUT2D eigenvalue weighted by Crippen LogP contribution is 2.34. The van der Waals surface area contributed by atoms with Gasteiger partial charge >= 0.3 is 6.18 Å². The first-order chi connectivity index (χ1) is 9.08. The fourth-order valence-electron chi connectivity index (χ4n) is 1.37. The number of alkyl halides is 3. The van der Waals surface area contributed by atoms with Gasteiger partial charge in [-0.15, -0.1) is 12.4 Å². The molecule has 0 heterocycles. The van der Waals surface area contributed by atoms with Crippen molar-refractivity contribution in [2.24, 2.45) is 0 Å². The SMILES string of the molecule is CNC(C)CNS(=O)(=O)c1ccc(F)cc1C(F)(F)F.Cl. The summed E-state index contributed by atoms with van der Waals surface area (Å²) >= 11 is 0. The van der Waals surface area contributed by atoms with E-state index < -0.39 is 32.5 Å². The molecule has 0 bridgehead atoms. The van der Waals surface area contributed by atoms with Crippen LogP contribution in [0.3, 0.4) is 0 Å². The number of sulfonamides is 1. The molecule has 1 atom stereocenters. The van der Waals surface area contributed by atoms with E-state index in [4.69, 9.17) is 0 Å². The molecule has 0 fully saturated rings. The van der Waals surface area contributed by atoms with E-state index in [1.165, 1.54) is 0 Å². The molecule has 10 heteroatoms. The van der Waals surface area contributed by atoms with Gasteiger partial charge < -0.3 is 5.32 Å². The van der Waals surface area contributed by atoms with Crippen LogP contribution in [0.25, 0.3) is 0 Å². The lowest BCUT2D eigenvalue weighted by Crippen LogP contribution is -2.37. The number of rotatable bonds is 5. The molecule has 1 rings (SSSR count). The van der Waals surface area contributed by atoms with E-state index in [0.29, 0.717) is 12.1 Å². The molecule has 0 radical (unpaired) electrons. The number of nitrogens with one attached hydrogen (secondary N) is 2. The van der Waals surface area contributed by atoms with Crippen molar-refractivity contribution >= 4 is 22.4 Å². The number of likely N-dealkylation sites (N-methyl/N-ethyl adjacent to an activating group) is 1. The van der Waals surface area contributed by atoms with Crippen LogP contribution in [-0.4, -0.2) is 28.1 Å². The van der Waals surface area contributed by atoms with Crippen LogP contribution in [0, 0.1) is 5.82 Å². The normalized spacial score (nSPS) is 13.6. The molecule has 0 aliphatic carbocycles. The van der Waals surface area contributed by atoms with Crippen molar-refractivity contribution < 1.29 is 26.0 Å². The molecule has 2 N–H and O–H groups in total. The van der Waals surface area contributed by atoms with Crippen molar-refractivity contribution in [1.29, 1.82) is 0 Å². The quantitative estimate of drug-likeness (QED) is 0.800. The van der Waals surface area contributed by atoms with Crippen molar-refractivity contribution in [3.05, 3.63) is 29.6 Å². The average Bonchev–Trinajstić information content (AvgIpc) is 2.34. The molecule has 0 saturated carbocycles. The second kappa shape index (κ2) is 7.39. The number of hydrogen-bond donors (Lipinski definition) is 2. The van der Waals surface area contributed by atoms with Gasteiger partial charge in [0.15, 0.2) is 0 Å². The summed E-state index contributed by atoms with van der Waals surface area (Å²) in [7, 11) is -2.79. The highest BCUT2D eigenvalue weighted by molar-refractivity contribution is 7.89. The topological polar surface area (TPSA) is 58.2 Å². The number of hydrogen-bond acceptors (Lipinski definition) is 3. The summed E-state index contributed by atoms with van der Waals surface area (Å²) < 4.78 is 77.0. The first-order valence-corrected chi connectivity index (χ1v) is 7.10. The fraction of sp³-hybridized carbons (Fsp3) is 0.455. The van der Waals surface area contributed by atoms with Gasteiger partial charge in [0.25, 0.3) is 0 Å². The predicted octanol–water partition coefficient (Wildman–Crippen LogP) is 2.15. The van der Waals surface area contributed by atoms with Crippen molar-refractivity contribution in [2.75, 3.05) is 13.6 Å². The van der Waals surface area contributed by atoms with Crippen LogP contribution in [-0.2, 0) is 16.2 Å².